The monoisotopic (exact) mass is 519 g/mol. The molecule has 7 nitrogen and oxygen atoms in total. The minimum absolute atomic E-state index is 0.0301. The Bertz CT molecular complexity index is 903. The molecule has 0 radical (unpaired) electrons. The Labute approximate surface area is 217 Å². The summed E-state index contributed by atoms with van der Waals surface area (Å²) in [6.07, 6.45) is 14.2. The summed E-state index contributed by atoms with van der Waals surface area (Å²) in [5, 5.41) is 9.72. The van der Waals surface area contributed by atoms with E-state index in [2.05, 4.69) is 16.0 Å². The van der Waals surface area contributed by atoms with Crippen molar-refractivity contribution < 1.29 is 19.0 Å². The van der Waals surface area contributed by atoms with Gasteiger partial charge in [0.2, 0.25) is 13.3 Å². The molecular weight excluding hydrogens is 473 g/mol. The first-order valence-corrected chi connectivity index (χ1v) is 15.6. The fraction of sp³-hybridized carbons (Fsp3) is 0.643. The van der Waals surface area contributed by atoms with E-state index in [0.29, 0.717) is 42.8 Å². The Balaban J connectivity index is 1.43. The van der Waals surface area contributed by atoms with Crippen LogP contribution in [-0.4, -0.2) is 42.5 Å². The van der Waals surface area contributed by atoms with E-state index in [4.69, 9.17) is 0 Å². The highest BCUT2D eigenvalue weighted by Crippen LogP contribution is 2.54. The van der Waals surface area contributed by atoms with Crippen molar-refractivity contribution in [3.8, 4) is 0 Å². The third-order valence-electron chi connectivity index (χ3n) is 6.78. The summed E-state index contributed by atoms with van der Waals surface area (Å²) in [6, 6.07) is 7.48. The van der Waals surface area contributed by atoms with Crippen molar-refractivity contribution >= 4 is 24.9 Å². The lowest BCUT2D eigenvalue weighted by molar-refractivity contribution is -0.121. The highest BCUT2D eigenvalue weighted by atomic mass is 31.2. The average Bonchev–Trinajstić information content (AvgIpc) is 3.35. The molecule has 2 amide bonds. The maximum Gasteiger partial charge on any atom is 0.253 e. The highest BCUT2D eigenvalue weighted by molar-refractivity contribution is 7.62. The number of hydrogen-bond acceptors (Lipinski definition) is 4. The second-order valence-corrected chi connectivity index (χ2v) is 12.2. The zero-order chi connectivity index (χ0) is 26.2. The number of anilines is 1. The lowest BCUT2D eigenvalue weighted by atomic mass is 10.1. The normalized spacial score (nSPS) is 16.8. The zero-order valence-corrected chi connectivity index (χ0v) is 23.1. The maximum absolute atomic E-state index is 12.4. The van der Waals surface area contributed by atoms with Crippen LogP contribution in [0.4, 0.5) is 5.69 Å². The standard InChI is InChI=1S/C28H46N3O4P/c1-3-4-21-36(34,35)24-19-18-23(22-24)31-27(32)17-11-9-7-5-6-8-10-14-20-30-28(33)25-15-12-13-16-26(25)29-2/h12-13,15-16,19,23,29H,3-11,14,17-18,20-22H2,1-2H3,(H,30,33)(H,31,32)(H,34,35)/t23-/m0/s1. The fourth-order valence-electron chi connectivity index (χ4n) is 4.58. The van der Waals surface area contributed by atoms with Crippen molar-refractivity contribution in [1.82, 2.24) is 10.6 Å². The van der Waals surface area contributed by atoms with E-state index < -0.39 is 7.37 Å². The quantitative estimate of drug-likeness (QED) is 0.136. The minimum atomic E-state index is -3.22. The highest BCUT2D eigenvalue weighted by Gasteiger charge is 2.30. The molecule has 0 saturated heterocycles. The predicted molar refractivity (Wildman–Crippen MR) is 149 cm³/mol. The van der Waals surface area contributed by atoms with Crippen molar-refractivity contribution in [1.29, 1.82) is 0 Å². The first-order chi connectivity index (χ1) is 17.4. The van der Waals surface area contributed by atoms with Gasteiger partial charge in [0.05, 0.1) is 5.56 Å². The molecule has 36 heavy (non-hydrogen) atoms. The van der Waals surface area contributed by atoms with Crippen molar-refractivity contribution in [2.75, 3.05) is 25.1 Å². The van der Waals surface area contributed by atoms with Crippen LogP contribution in [0.1, 0.15) is 101 Å². The van der Waals surface area contributed by atoms with Gasteiger partial charge in [-0.3, -0.25) is 14.2 Å². The van der Waals surface area contributed by atoms with Gasteiger partial charge in [0.25, 0.3) is 5.91 Å². The molecule has 4 N–H and O–H groups in total. The Hall–Kier alpha value is -2.11. The van der Waals surface area contributed by atoms with E-state index in [1.54, 1.807) is 0 Å². The molecule has 1 aromatic rings. The van der Waals surface area contributed by atoms with Gasteiger partial charge in [-0.1, -0.05) is 70.1 Å². The van der Waals surface area contributed by atoms with E-state index in [0.717, 1.165) is 57.1 Å². The second kappa shape index (κ2) is 16.6. The topological polar surface area (TPSA) is 108 Å². The van der Waals surface area contributed by atoms with Gasteiger partial charge < -0.3 is 20.8 Å². The van der Waals surface area contributed by atoms with Gasteiger partial charge >= 0.3 is 0 Å². The number of carbonyl (C=O) groups is 2. The van der Waals surface area contributed by atoms with Crippen LogP contribution in [0.2, 0.25) is 0 Å². The van der Waals surface area contributed by atoms with Crippen LogP contribution in [0.15, 0.2) is 35.7 Å². The van der Waals surface area contributed by atoms with Crippen molar-refractivity contribution in [2.45, 2.75) is 96.4 Å². The first-order valence-electron chi connectivity index (χ1n) is 13.7. The first kappa shape index (κ1) is 30.1. The lowest BCUT2D eigenvalue weighted by Crippen LogP contribution is -2.32. The van der Waals surface area contributed by atoms with E-state index in [1.165, 1.54) is 12.8 Å². The number of benzene rings is 1. The summed E-state index contributed by atoms with van der Waals surface area (Å²) in [6.45, 7) is 2.71. The number of para-hydroxylation sites is 1. The Morgan fingerprint density at radius 2 is 1.67 bits per heavy atom. The second-order valence-electron chi connectivity index (χ2n) is 9.81. The number of amides is 2. The summed E-state index contributed by atoms with van der Waals surface area (Å²) in [4.78, 5) is 34.8. The van der Waals surface area contributed by atoms with Crippen LogP contribution in [-0.2, 0) is 9.36 Å². The third-order valence-corrected chi connectivity index (χ3v) is 8.96. The van der Waals surface area contributed by atoms with E-state index in [-0.39, 0.29) is 17.9 Å². The summed E-state index contributed by atoms with van der Waals surface area (Å²) >= 11 is 0. The van der Waals surface area contributed by atoms with Crippen molar-refractivity contribution in [2.24, 2.45) is 0 Å². The van der Waals surface area contributed by atoms with Gasteiger partial charge in [-0.25, -0.2) is 0 Å². The fourth-order valence-corrected chi connectivity index (χ4v) is 6.50. The van der Waals surface area contributed by atoms with Gasteiger partial charge in [-0.15, -0.1) is 0 Å². The average molecular weight is 520 g/mol. The predicted octanol–water partition coefficient (Wildman–Crippen LogP) is 6.20. The minimum Gasteiger partial charge on any atom is -0.387 e. The van der Waals surface area contributed by atoms with Crippen molar-refractivity contribution in [3.63, 3.8) is 0 Å². The van der Waals surface area contributed by atoms with Crippen LogP contribution >= 0.6 is 7.37 Å². The molecule has 1 aliphatic carbocycles. The molecule has 0 aromatic heterocycles. The number of hydrogen-bond donors (Lipinski definition) is 4. The van der Waals surface area contributed by atoms with Crippen molar-refractivity contribution in [3.05, 3.63) is 41.2 Å². The Morgan fingerprint density at radius 1 is 1.00 bits per heavy atom. The molecule has 202 valence electrons. The molecule has 1 aliphatic rings. The Morgan fingerprint density at radius 3 is 2.36 bits per heavy atom. The van der Waals surface area contributed by atoms with Gasteiger partial charge in [0, 0.05) is 43.2 Å². The molecule has 0 heterocycles. The summed E-state index contributed by atoms with van der Waals surface area (Å²) < 4.78 is 12.4. The van der Waals surface area contributed by atoms with Crippen LogP contribution in [0.5, 0.6) is 0 Å². The molecule has 2 rings (SSSR count). The molecule has 0 spiro atoms. The third kappa shape index (κ3) is 10.9. The molecule has 8 heteroatoms. The van der Waals surface area contributed by atoms with E-state index in [1.807, 2.05) is 44.3 Å². The van der Waals surface area contributed by atoms with Crippen LogP contribution in [0.25, 0.3) is 0 Å². The molecule has 0 fully saturated rings. The SMILES string of the molecule is CCCCP(=O)(O)C1=CC[C@H](NC(=O)CCCCCCCCCCNC(=O)c2ccccc2NC)C1. The molecule has 1 unspecified atom stereocenters. The molecule has 0 saturated carbocycles. The summed E-state index contributed by atoms with van der Waals surface area (Å²) in [5.74, 6) is 0.0179. The van der Waals surface area contributed by atoms with Crippen LogP contribution in [0.3, 0.4) is 0 Å². The smallest absolute Gasteiger partial charge is 0.253 e. The van der Waals surface area contributed by atoms with Crippen LogP contribution in [0, 0.1) is 0 Å². The van der Waals surface area contributed by atoms with E-state index >= 15 is 0 Å². The lowest BCUT2D eigenvalue weighted by Gasteiger charge is -2.16. The largest absolute Gasteiger partial charge is 0.387 e. The molecule has 0 aliphatic heterocycles. The summed E-state index contributed by atoms with van der Waals surface area (Å²) in [5.41, 5.74) is 1.52. The molecule has 0 bridgehead atoms. The van der Waals surface area contributed by atoms with E-state index in [9.17, 15) is 19.0 Å². The maximum atomic E-state index is 12.4. The number of unbranched alkanes of at least 4 members (excludes halogenated alkanes) is 8. The number of rotatable bonds is 18. The van der Waals surface area contributed by atoms with Gasteiger partial charge in [0.1, 0.15) is 0 Å². The molecule has 2 atom stereocenters. The van der Waals surface area contributed by atoms with Gasteiger partial charge in [-0.2, -0.15) is 0 Å². The zero-order valence-electron chi connectivity index (χ0n) is 22.2. The Kier molecular flexibility index (Phi) is 13.9. The number of carbonyl (C=O) groups excluding carboxylic acids is 2. The van der Waals surface area contributed by atoms with Gasteiger partial charge in [0.15, 0.2) is 0 Å². The molecular formula is C28H46N3O4P. The van der Waals surface area contributed by atoms with Crippen LogP contribution < -0.4 is 16.0 Å². The summed E-state index contributed by atoms with van der Waals surface area (Å²) in [7, 11) is -1.40. The van der Waals surface area contributed by atoms with Gasteiger partial charge in [-0.05, 0) is 44.2 Å². The molecule has 1 aromatic carbocycles. The number of nitrogens with one attached hydrogen (secondary N) is 3.